The molecule has 2 fully saturated rings. The van der Waals surface area contributed by atoms with Crippen molar-refractivity contribution in [3.8, 4) is 5.88 Å². The van der Waals surface area contributed by atoms with Crippen LogP contribution in [0.4, 0.5) is 8.78 Å². The van der Waals surface area contributed by atoms with Gasteiger partial charge in [-0.05, 0) is 44.1 Å². The number of nitrogens with zero attached hydrogens (tertiary/aromatic N) is 2. The largest absolute Gasteiger partial charge is 0.481 e. The smallest absolute Gasteiger partial charge is 0.296 e. The van der Waals surface area contributed by atoms with Crippen LogP contribution in [-0.2, 0) is 10.7 Å². The summed E-state index contributed by atoms with van der Waals surface area (Å²) in [7, 11) is 1.36. The van der Waals surface area contributed by atoms with Gasteiger partial charge in [-0.3, -0.25) is 4.79 Å². The molecule has 1 aromatic rings. The average Bonchev–Trinajstić information content (AvgIpc) is 3.31. The molecule has 0 radical (unpaired) electrons. The number of nitrogens with one attached hydrogen (secondary N) is 1. The number of carbonyl (C=O) groups excluding carboxylic acids is 1. The van der Waals surface area contributed by atoms with Crippen molar-refractivity contribution in [3.05, 3.63) is 23.9 Å². The van der Waals surface area contributed by atoms with Gasteiger partial charge in [-0.25, -0.2) is 4.98 Å². The molecule has 2 bridgehead atoms. The number of carbonyl (C=O) groups is 1. The van der Waals surface area contributed by atoms with Crippen LogP contribution in [0.5, 0.6) is 5.88 Å². The van der Waals surface area contributed by atoms with Crippen molar-refractivity contribution in [1.82, 2.24) is 10.3 Å². The summed E-state index contributed by atoms with van der Waals surface area (Å²) in [6.45, 7) is 1.26. The van der Waals surface area contributed by atoms with E-state index in [0.29, 0.717) is 11.1 Å². The Bertz CT molecular complexity index is 773. The molecule has 4 atom stereocenters. The van der Waals surface area contributed by atoms with Crippen molar-refractivity contribution in [2.24, 2.45) is 16.8 Å². The summed E-state index contributed by atoms with van der Waals surface area (Å²) in [4.78, 5) is 20.2. The van der Waals surface area contributed by atoms with Crippen LogP contribution in [0.1, 0.15) is 38.2 Å². The van der Waals surface area contributed by atoms with Crippen LogP contribution in [0.15, 0.2) is 23.3 Å². The number of rotatable bonds is 4. The summed E-state index contributed by atoms with van der Waals surface area (Å²) < 4.78 is 33.4. The van der Waals surface area contributed by atoms with E-state index in [1.165, 1.54) is 51.6 Å². The first kappa shape index (κ1) is 17.7. The lowest BCUT2D eigenvalue weighted by Gasteiger charge is -2.31. The monoisotopic (exact) mass is 381 g/mol. The molecule has 1 amide bonds. The summed E-state index contributed by atoms with van der Waals surface area (Å²) >= 11 is 0.829. The fraction of sp³-hybridized carbons (Fsp3) is 0.611. The van der Waals surface area contributed by atoms with E-state index in [1.54, 1.807) is 0 Å². The van der Waals surface area contributed by atoms with Gasteiger partial charge in [0.25, 0.3) is 11.8 Å². The van der Waals surface area contributed by atoms with E-state index in [4.69, 9.17) is 4.74 Å². The molecular formula is C18H21F2N3O2S. The first-order chi connectivity index (χ1) is 12.3. The Labute approximate surface area is 155 Å². The molecule has 4 rings (SSSR count). The van der Waals surface area contributed by atoms with E-state index >= 15 is 8.78 Å². The lowest BCUT2D eigenvalue weighted by molar-refractivity contribution is -0.130. The van der Waals surface area contributed by atoms with Gasteiger partial charge in [0.05, 0.1) is 7.11 Å². The predicted molar refractivity (Wildman–Crippen MR) is 95.5 cm³/mol. The minimum atomic E-state index is -3.41. The number of methoxy groups -OCH3 is 1. The first-order valence-electron chi connectivity index (χ1n) is 8.80. The Morgan fingerprint density at radius 1 is 1.38 bits per heavy atom. The minimum absolute atomic E-state index is 0.0856. The molecular weight excluding hydrogens is 360 g/mol. The number of amidine groups is 1. The Balaban J connectivity index is 1.53. The van der Waals surface area contributed by atoms with E-state index in [2.05, 4.69) is 15.3 Å². The van der Waals surface area contributed by atoms with Crippen molar-refractivity contribution < 1.29 is 18.3 Å². The quantitative estimate of drug-likeness (QED) is 0.867. The third-order valence-corrected chi connectivity index (χ3v) is 7.11. The lowest BCUT2D eigenvalue weighted by atomic mass is 9.95. The molecule has 2 saturated carbocycles. The number of hydrogen-bond donors (Lipinski definition) is 1. The Morgan fingerprint density at radius 2 is 2.19 bits per heavy atom. The van der Waals surface area contributed by atoms with Gasteiger partial charge in [-0.1, -0.05) is 18.2 Å². The molecule has 5 nitrogen and oxygen atoms in total. The topological polar surface area (TPSA) is 63.6 Å². The van der Waals surface area contributed by atoms with Gasteiger partial charge in [0, 0.05) is 23.9 Å². The molecule has 1 aromatic heterocycles. The number of thioether (sulfide) groups is 1. The summed E-state index contributed by atoms with van der Waals surface area (Å²) in [6.07, 6.45) is 5.89. The molecule has 0 saturated heterocycles. The van der Waals surface area contributed by atoms with E-state index in [0.717, 1.165) is 24.1 Å². The molecule has 26 heavy (non-hydrogen) atoms. The van der Waals surface area contributed by atoms with Crippen molar-refractivity contribution in [1.29, 1.82) is 0 Å². The highest BCUT2D eigenvalue weighted by atomic mass is 32.2. The zero-order chi connectivity index (χ0) is 18.5. The SMILES string of the molecule is COc1cc(C(F)(F)C2(C)SC(NC3CC4CCC3C4)=NC2=O)ccn1. The van der Waals surface area contributed by atoms with Gasteiger partial charge in [0.15, 0.2) is 9.91 Å². The fourth-order valence-electron chi connectivity index (χ4n) is 4.29. The van der Waals surface area contributed by atoms with Gasteiger partial charge in [0.2, 0.25) is 5.88 Å². The van der Waals surface area contributed by atoms with Crippen molar-refractivity contribution in [2.45, 2.75) is 49.3 Å². The summed E-state index contributed by atoms with van der Waals surface area (Å²) in [5.74, 6) is -2.85. The maximum Gasteiger partial charge on any atom is 0.296 e. The zero-order valence-electron chi connectivity index (χ0n) is 14.7. The Kier molecular flexibility index (Phi) is 4.21. The van der Waals surface area contributed by atoms with Gasteiger partial charge in [-0.2, -0.15) is 13.8 Å². The first-order valence-corrected chi connectivity index (χ1v) is 9.62. The van der Waals surface area contributed by atoms with E-state index in [-0.39, 0.29) is 17.5 Å². The maximum atomic E-state index is 15.2. The zero-order valence-corrected chi connectivity index (χ0v) is 15.5. The van der Waals surface area contributed by atoms with Crippen LogP contribution in [0.25, 0.3) is 0 Å². The normalized spacial score (nSPS) is 33.5. The fourth-order valence-corrected chi connectivity index (χ4v) is 5.40. The van der Waals surface area contributed by atoms with Gasteiger partial charge < -0.3 is 10.1 Å². The number of aromatic nitrogens is 1. The molecule has 0 aromatic carbocycles. The van der Waals surface area contributed by atoms with Gasteiger partial charge in [0.1, 0.15) is 0 Å². The second-order valence-corrected chi connectivity index (χ2v) is 8.85. The highest BCUT2D eigenvalue weighted by Gasteiger charge is 2.61. The third kappa shape index (κ3) is 2.69. The Hall–Kier alpha value is -1.70. The second-order valence-electron chi connectivity index (χ2n) is 7.44. The maximum absolute atomic E-state index is 15.2. The highest BCUT2D eigenvalue weighted by Crippen LogP contribution is 2.52. The molecule has 8 heteroatoms. The molecule has 1 N–H and O–H groups in total. The highest BCUT2D eigenvalue weighted by molar-refractivity contribution is 8.16. The molecule has 4 unspecified atom stereocenters. The number of alkyl halides is 2. The van der Waals surface area contributed by atoms with Crippen LogP contribution in [0.2, 0.25) is 0 Å². The summed E-state index contributed by atoms with van der Waals surface area (Å²) in [5, 5.41) is 3.58. The van der Waals surface area contributed by atoms with Crippen LogP contribution in [-0.4, -0.2) is 34.0 Å². The minimum Gasteiger partial charge on any atom is -0.481 e. The summed E-state index contributed by atoms with van der Waals surface area (Å²) in [5.41, 5.74) is -0.302. The number of fused-ring (bicyclic) bond motifs is 2. The van der Waals surface area contributed by atoms with Crippen LogP contribution in [0, 0.1) is 11.8 Å². The standard InChI is InChI=1S/C18H21F2N3O2S/c1-17(18(19,20)12-5-6-21-14(9-12)25-2)15(24)23-16(26-17)22-13-8-10-3-4-11(13)7-10/h5-6,9-11,13H,3-4,7-8H2,1-2H3,(H,22,23,24). The molecule has 2 aliphatic carbocycles. The van der Waals surface area contributed by atoms with Crippen molar-refractivity contribution in [2.75, 3.05) is 7.11 Å². The molecule has 1 aliphatic heterocycles. The van der Waals surface area contributed by atoms with E-state index < -0.39 is 16.6 Å². The number of aliphatic imine (C=N–C) groups is 1. The Morgan fingerprint density at radius 3 is 2.85 bits per heavy atom. The van der Waals surface area contributed by atoms with Gasteiger partial charge >= 0.3 is 0 Å². The molecule has 3 aliphatic rings. The van der Waals surface area contributed by atoms with Crippen LogP contribution < -0.4 is 10.1 Å². The van der Waals surface area contributed by atoms with E-state index in [9.17, 15) is 4.79 Å². The molecule has 140 valence electrons. The van der Waals surface area contributed by atoms with Crippen LogP contribution >= 0.6 is 11.8 Å². The second kappa shape index (κ2) is 6.18. The average molecular weight is 381 g/mol. The van der Waals surface area contributed by atoms with Crippen molar-refractivity contribution in [3.63, 3.8) is 0 Å². The summed E-state index contributed by atoms with van der Waals surface area (Å²) in [6, 6.07) is 2.62. The third-order valence-electron chi connectivity index (χ3n) is 5.86. The lowest BCUT2D eigenvalue weighted by Crippen LogP contribution is -2.45. The number of amides is 1. The molecule has 2 heterocycles. The number of halogens is 2. The molecule has 0 spiro atoms. The number of hydrogen-bond acceptors (Lipinski definition) is 5. The number of ether oxygens (including phenoxy) is 1. The predicted octanol–water partition coefficient (Wildman–Crippen LogP) is 3.35. The van der Waals surface area contributed by atoms with Crippen molar-refractivity contribution >= 4 is 22.8 Å². The van der Waals surface area contributed by atoms with Crippen LogP contribution in [0.3, 0.4) is 0 Å². The van der Waals surface area contributed by atoms with E-state index in [1.807, 2.05) is 0 Å². The van der Waals surface area contributed by atoms with Gasteiger partial charge in [-0.15, -0.1) is 0 Å². The number of pyridine rings is 1.